The maximum atomic E-state index is 6.64. The van der Waals surface area contributed by atoms with E-state index in [0.717, 1.165) is 36.6 Å². The van der Waals surface area contributed by atoms with Crippen molar-refractivity contribution in [3.63, 3.8) is 0 Å². The summed E-state index contributed by atoms with van der Waals surface area (Å²) in [6, 6.07) is 22.0. The van der Waals surface area contributed by atoms with E-state index in [-0.39, 0.29) is 0 Å². The molecule has 0 radical (unpaired) electrons. The SMILES string of the molecule is CCc1cc(Nc2ncc(Cl)c(Nc3ccc(-c4ccccc4)cc3P(C)C)n2)c(OC)cc1N1CCC(N2CCN(C)CC2)CC1. The molecule has 2 N–H and O–H groups in total. The molecule has 0 spiro atoms. The Morgan fingerprint density at radius 2 is 1.64 bits per heavy atom. The molecule has 2 aliphatic rings. The first kappa shape index (κ1) is 33.5. The summed E-state index contributed by atoms with van der Waals surface area (Å²) in [6.07, 6.45) is 4.94. The fourth-order valence-corrected chi connectivity index (χ4v) is 7.85. The summed E-state index contributed by atoms with van der Waals surface area (Å²) in [5.41, 5.74) is 6.77. The maximum Gasteiger partial charge on any atom is 0.229 e. The van der Waals surface area contributed by atoms with Gasteiger partial charge in [-0.2, -0.15) is 4.98 Å². The number of anilines is 5. The molecule has 3 aromatic carbocycles. The Balaban J connectivity index is 1.19. The van der Waals surface area contributed by atoms with Crippen LogP contribution in [0.3, 0.4) is 0 Å². The first-order valence-corrected chi connectivity index (χ1v) is 19.3. The van der Waals surface area contributed by atoms with Crippen molar-refractivity contribution in [2.45, 2.75) is 32.2 Å². The van der Waals surface area contributed by atoms with Gasteiger partial charge < -0.3 is 25.2 Å². The van der Waals surface area contributed by atoms with Crippen molar-refractivity contribution in [2.24, 2.45) is 0 Å². The highest BCUT2D eigenvalue weighted by Gasteiger charge is 2.28. The molecule has 2 saturated heterocycles. The summed E-state index contributed by atoms with van der Waals surface area (Å²) in [6.45, 7) is 13.5. The molecule has 4 aromatic rings. The Hall–Kier alpha value is -3.42. The van der Waals surface area contributed by atoms with E-state index in [9.17, 15) is 0 Å². The lowest BCUT2D eigenvalue weighted by atomic mass is 9.99. The van der Waals surface area contributed by atoms with Gasteiger partial charge in [0.25, 0.3) is 0 Å². The van der Waals surface area contributed by atoms with Crippen molar-refractivity contribution in [3.05, 3.63) is 77.4 Å². The number of hydrogen-bond acceptors (Lipinski definition) is 8. The van der Waals surface area contributed by atoms with Gasteiger partial charge in [-0.1, -0.05) is 62.8 Å². The Bertz CT molecular complexity index is 1650. The second-order valence-electron chi connectivity index (χ2n) is 12.7. The van der Waals surface area contributed by atoms with E-state index in [1.807, 2.05) is 6.07 Å². The summed E-state index contributed by atoms with van der Waals surface area (Å²) in [5.74, 6) is 1.79. The fourth-order valence-electron chi connectivity index (χ4n) is 6.70. The Kier molecular flexibility index (Phi) is 10.8. The van der Waals surface area contributed by atoms with Crippen LogP contribution < -0.4 is 25.6 Å². The summed E-state index contributed by atoms with van der Waals surface area (Å²) in [7, 11) is 3.55. The minimum absolute atomic E-state index is 0.395. The summed E-state index contributed by atoms with van der Waals surface area (Å²) in [5, 5.41) is 8.65. The van der Waals surface area contributed by atoms with Crippen LogP contribution in [0.25, 0.3) is 11.1 Å². The predicted octanol–water partition coefficient (Wildman–Crippen LogP) is 7.44. The largest absolute Gasteiger partial charge is 0.494 e. The summed E-state index contributed by atoms with van der Waals surface area (Å²) in [4.78, 5) is 17.0. The van der Waals surface area contributed by atoms with Crippen LogP contribution in [-0.2, 0) is 6.42 Å². The van der Waals surface area contributed by atoms with E-state index < -0.39 is 7.92 Å². The molecular formula is C37H47ClN7OP. The van der Waals surface area contributed by atoms with E-state index in [4.69, 9.17) is 21.3 Å². The highest BCUT2D eigenvalue weighted by Crippen LogP contribution is 2.38. The zero-order chi connectivity index (χ0) is 32.9. The molecule has 6 rings (SSSR count). The van der Waals surface area contributed by atoms with Crippen LogP contribution in [0.4, 0.5) is 28.8 Å². The van der Waals surface area contributed by atoms with Crippen LogP contribution >= 0.6 is 19.5 Å². The number of methoxy groups -OCH3 is 1. The lowest BCUT2D eigenvalue weighted by Gasteiger charge is -2.43. The minimum atomic E-state index is -0.395. The van der Waals surface area contributed by atoms with Crippen LogP contribution in [0.1, 0.15) is 25.3 Å². The van der Waals surface area contributed by atoms with Gasteiger partial charge >= 0.3 is 0 Å². The molecule has 2 aliphatic heterocycles. The molecule has 248 valence electrons. The molecule has 0 saturated carbocycles. The molecule has 0 unspecified atom stereocenters. The van der Waals surface area contributed by atoms with E-state index >= 15 is 0 Å². The molecule has 0 amide bonds. The Morgan fingerprint density at radius 3 is 2.32 bits per heavy atom. The summed E-state index contributed by atoms with van der Waals surface area (Å²) >= 11 is 6.64. The molecule has 10 heteroatoms. The molecule has 0 bridgehead atoms. The number of hydrogen-bond donors (Lipinski definition) is 2. The number of rotatable bonds is 10. The van der Waals surface area contributed by atoms with Crippen molar-refractivity contribution in [3.8, 4) is 16.9 Å². The number of nitrogens with zero attached hydrogens (tertiary/aromatic N) is 5. The lowest BCUT2D eigenvalue weighted by Crippen LogP contribution is -2.52. The highest BCUT2D eigenvalue weighted by atomic mass is 35.5. The number of ether oxygens (including phenoxy) is 1. The molecule has 8 nitrogen and oxygen atoms in total. The number of aryl methyl sites for hydroxylation is 1. The van der Waals surface area contributed by atoms with Crippen LogP contribution in [-0.4, -0.2) is 92.6 Å². The summed E-state index contributed by atoms with van der Waals surface area (Å²) < 4.78 is 5.92. The average molecular weight is 672 g/mol. The van der Waals surface area contributed by atoms with Gasteiger partial charge in [0.05, 0.1) is 19.0 Å². The number of piperidine rings is 1. The highest BCUT2D eigenvalue weighted by molar-refractivity contribution is 7.64. The number of halogens is 1. The van der Waals surface area contributed by atoms with Gasteiger partial charge in [0.15, 0.2) is 5.82 Å². The lowest BCUT2D eigenvalue weighted by molar-refractivity contribution is 0.0982. The van der Waals surface area contributed by atoms with Crippen LogP contribution in [0.2, 0.25) is 5.02 Å². The van der Waals surface area contributed by atoms with E-state index in [0.29, 0.717) is 22.8 Å². The molecule has 47 heavy (non-hydrogen) atoms. The van der Waals surface area contributed by atoms with Gasteiger partial charge in [-0.3, -0.25) is 4.90 Å². The molecule has 3 heterocycles. The normalized spacial score (nSPS) is 16.4. The van der Waals surface area contributed by atoms with Crippen molar-refractivity contribution in [2.75, 3.05) is 82.3 Å². The first-order valence-electron chi connectivity index (χ1n) is 16.6. The third-order valence-corrected chi connectivity index (χ3v) is 11.1. The molecule has 0 aliphatic carbocycles. The van der Waals surface area contributed by atoms with E-state index in [1.165, 1.54) is 66.7 Å². The van der Waals surface area contributed by atoms with Gasteiger partial charge in [-0.15, -0.1) is 0 Å². The average Bonchev–Trinajstić information content (AvgIpc) is 3.10. The smallest absolute Gasteiger partial charge is 0.229 e. The van der Waals surface area contributed by atoms with Gasteiger partial charge in [0.2, 0.25) is 5.95 Å². The van der Waals surface area contributed by atoms with E-state index in [1.54, 1.807) is 13.3 Å². The Labute approximate surface area is 286 Å². The first-order chi connectivity index (χ1) is 22.8. The monoisotopic (exact) mass is 671 g/mol. The van der Waals surface area contributed by atoms with Gasteiger partial charge in [0.1, 0.15) is 10.8 Å². The van der Waals surface area contributed by atoms with Gasteiger partial charge in [-0.05, 0) is 79.8 Å². The fraction of sp³-hybridized carbons (Fsp3) is 0.405. The van der Waals surface area contributed by atoms with Crippen molar-refractivity contribution in [1.82, 2.24) is 19.8 Å². The Morgan fingerprint density at radius 1 is 0.894 bits per heavy atom. The number of aromatic nitrogens is 2. The van der Waals surface area contributed by atoms with Gasteiger partial charge in [0, 0.05) is 62.8 Å². The predicted molar refractivity (Wildman–Crippen MR) is 201 cm³/mol. The third kappa shape index (κ3) is 7.84. The number of nitrogens with one attached hydrogen (secondary N) is 2. The quantitative estimate of drug-likeness (QED) is 0.169. The topological polar surface area (TPSA) is 68.8 Å². The standard InChI is InChI=1S/C37H47ClN7OP/c1-6-26-22-32(34(46-3)24-33(26)45-16-14-29(15-17-45)44-20-18-43(2)19-21-44)41-37-39-25-30(38)36(42-37)40-31-13-12-28(23-35(31)47(4)5)27-10-8-7-9-11-27/h7-13,22-25,29H,6,14-21H2,1-5H3,(H2,39,40,41,42). The number of piperazine rings is 1. The van der Waals surface area contributed by atoms with Crippen molar-refractivity contribution >= 4 is 53.7 Å². The van der Waals surface area contributed by atoms with Crippen LogP contribution in [0, 0.1) is 0 Å². The van der Waals surface area contributed by atoms with E-state index in [2.05, 4.69) is 112 Å². The maximum absolute atomic E-state index is 6.64. The van der Waals surface area contributed by atoms with Crippen LogP contribution in [0.15, 0.2) is 66.9 Å². The molecule has 2 fully saturated rings. The molecule has 1 aromatic heterocycles. The zero-order valence-corrected chi connectivity index (χ0v) is 29.9. The van der Waals surface area contributed by atoms with Crippen molar-refractivity contribution < 1.29 is 4.74 Å². The zero-order valence-electron chi connectivity index (χ0n) is 28.3. The number of benzene rings is 3. The second kappa shape index (κ2) is 15.2. The van der Waals surface area contributed by atoms with Crippen LogP contribution in [0.5, 0.6) is 5.75 Å². The third-order valence-electron chi connectivity index (χ3n) is 9.47. The van der Waals surface area contributed by atoms with Gasteiger partial charge in [-0.25, -0.2) is 4.98 Å². The molecule has 0 atom stereocenters. The number of likely N-dealkylation sites (N-methyl/N-ethyl adjacent to an activating group) is 1. The second-order valence-corrected chi connectivity index (χ2v) is 15.4. The molecular weight excluding hydrogens is 625 g/mol. The van der Waals surface area contributed by atoms with Crippen molar-refractivity contribution in [1.29, 1.82) is 0 Å². The minimum Gasteiger partial charge on any atom is -0.494 e.